The Hall–Kier alpha value is -2.36. The number of nitrogens with two attached hydrogens (primary N) is 1. The smallest absolute Gasteiger partial charge is 0.142 e. The number of benzene rings is 1. The monoisotopic (exact) mass is 308 g/mol. The van der Waals surface area contributed by atoms with Gasteiger partial charge in [0.1, 0.15) is 11.6 Å². The molecule has 0 aliphatic heterocycles. The molecular formula is C19H24N4. The molecule has 0 atom stereocenters. The van der Waals surface area contributed by atoms with E-state index >= 15 is 0 Å². The van der Waals surface area contributed by atoms with Gasteiger partial charge in [0.2, 0.25) is 0 Å². The highest BCUT2D eigenvalue weighted by Crippen LogP contribution is 2.30. The van der Waals surface area contributed by atoms with Crippen LogP contribution in [-0.4, -0.2) is 15.0 Å². The molecule has 3 N–H and O–H groups in total. The number of fused-ring (bicyclic) bond motifs is 1. The highest BCUT2D eigenvalue weighted by atomic mass is 14.9. The zero-order valence-corrected chi connectivity index (χ0v) is 14.5. The summed E-state index contributed by atoms with van der Waals surface area (Å²) in [5.74, 6) is 1.30. The number of aromatic nitrogens is 3. The molecule has 0 aliphatic carbocycles. The number of H-pyrrole nitrogens is 1. The Morgan fingerprint density at radius 2 is 1.78 bits per heavy atom. The van der Waals surface area contributed by atoms with Crippen molar-refractivity contribution in [1.82, 2.24) is 15.0 Å². The van der Waals surface area contributed by atoms with Crippen LogP contribution in [0.1, 0.15) is 44.0 Å². The van der Waals surface area contributed by atoms with Crippen molar-refractivity contribution in [1.29, 1.82) is 0 Å². The normalized spacial score (nSPS) is 12.0. The zero-order chi connectivity index (χ0) is 16.8. The molecular weight excluding hydrogens is 284 g/mol. The van der Waals surface area contributed by atoms with Crippen LogP contribution in [0.25, 0.3) is 22.4 Å². The van der Waals surface area contributed by atoms with Gasteiger partial charge in [-0.3, -0.25) is 0 Å². The van der Waals surface area contributed by atoms with E-state index in [0.29, 0.717) is 5.82 Å². The molecule has 0 unspecified atom stereocenters. The number of aromatic amines is 1. The molecule has 23 heavy (non-hydrogen) atoms. The van der Waals surface area contributed by atoms with E-state index in [0.717, 1.165) is 34.5 Å². The highest BCUT2D eigenvalue weighted by Gasteiger charge is 2.21. The van der Waals surface area contributed by atoms with Gasteiger partial charge < -0.3 is 10.7 Å². The van der Waals surface area contributed by atoms with Gasteiger partial charge in [-0.1, -0.05) is 20.8 Å². The van der Waals surface area contributed by atoms with E-state index in [1.54, 1.807) is 0 Å². The molecule has 3 aromatic rings. The van der Waals surface area contributed by atoms with Gasteiger partial charge >= 0.3 is 0 Å². The number of nitrogen functional groups attached to an aromatic ring is 1. The summed E-state index contributed by atoms with van der Waals surface area (Å²) in [5.41, 5.74) is 12.6. The lowest BCUT2D eigenvalue weighted by molar-refractivity contribution is 0.491. The van der Waals surface area contributed by atoms with Crippen molar-refractivity contribution in [3.8, 4) is 11.4 Å². The molecule has 120 valence electrons. The molecule has 0 fully saturated rings. The summed E-state index contributed by atoms with van der Waals surface area (Å²) in [6.07, 6.45) is 1.02. The lowest BCUT2D eigenvalue weighted by atomic mass is 9.86. The van der Waals surface area contributed by atoms with Crippen molar-refractivity contribution in [2.45, 2.75) is 46.5 Å². The fourth-order valence-electron chi connectivity index (χ4n) is 2.63. The van der Waals surface area contributed by atoms with Crippen molar-refractivity contribution in [3.05, 3.63) is 41.1 Å². The number of aryl methyl sites for hydroxylation is 2. The van der Waals surface area contributed by atoms with Gasteiger partial charge in [0, 0.05) is 11.1 Å². The van der Waals surface area contributed by atoms with Crippen LogP contribution in [0.2, 0.25) is 0 Å². The Morgan fingerprint density at radius 3 is 2.43 bits per heavy atom. The molecule has 0 radical (unpaired) electrons. The third-order valence-corrected chi connectivity index (χ3v) is 4.85. The zero-order valence-electron chi connectivity index (χ0n) is 14.5. The fourth-order valence-corrected chi connectivity index (χ4v) is 2.63. The summed E-state index contributed by atoms with van der Waals surface area (Å²) in [7, 11) is 0. The Morgan fingerprint density at radius 1 is 1.09 bits per heavy atom. The van der Waals surface area contributed by atoms with Gasteiger partial charge in [0.05, 0.1) is 16.6 Å². The molecule has 0 saturated carbocycles. The van der Waals surface area contributed by atoms with Crippen LogP contribution in [0.4, 0.5) is 5.82 Å². The fraction of sp³-hybridized carbons (Fsp3) is 0.368. The standard InChI is InChI=1S/C19H24N4/c1-6-19(4,5)16-8-7-13(17(20)23-16)18-21-14-9-11(2)12(3)10-15(14)22-18/h7-10H,6H2,1-5H3,(H2,20,23)(H,21,22). The number of imidazole rings is 1. The Labute approximate surface area is 137 Å². The Kier molecular flexibility index (Phi) is 3.63. The average Bonchev–Trinajstić information content (AvgIpc) is 2.90. The number of nitrogens with zero attached hydrogens (tertiary/aromatic N) is 2. The van der Waals surface area contributed by atoms with Crippen molar-refractivity contribution >= 4 is 16.9 Å². The SMILES string of the molecule is CCC(C)(C)c1ccc(-c2nc3cc(C)c(C)cc3[nH]2)c(N)n1. The minimum atomic E-state index is 0.0226. The lowest BCUT2D eigenvalue weighted by Crippen LogP contribution is -2.18. The Balaban J connectivity index is 2.08. The van der Waals surface area contributed by atoms with E-state index in [9.17, 15) is 0 Å². The molecule has 4 heteroatoms. The molecule has 0 bridgehead atoms. The lowest BCUT2D eigenvalue weighted by Gasteiger charge is -2.22. The summed E-state index contributed by atoms with van der Waals surface area (Å²) in [6, 6.07) is 8.30. The van der Waals surface area contributed by atoms with E-state index in [2.05, 4.69) is 67.8 Å². The molecule has 0 spiro atoms. The third kappa shape index (κ3) is 2.69. The number of hydrogen-bond acceptors (Lipinski definition) is 3. The van der Waals surface area contributed by atoms with Gasteiger partial charge in [0.25, 0.3) is 0 Å². The maximum Gasteiger partial charge on any atom is 0.142 e. The summed E-state index contributed by atoms with van der Waals surface area (Å²) < 4.78 is 0. The van der Waals surface area contributed by atoms with E-state index < -0.39 is 0 Å². The molecule has 2 heterocycles. The van der Waals surface area contributed by atoms with Crippen molar-refractivity contribution in [2.75, 3.05) is 5.73 Å². The average molecular weight is 308 g/mol. The second kappa shape index (κ2) is 5.37. The quantitative estimate of drug-likeness (QED) is 0.748. The van der Waals surface area contributed by atoms with Crippen LogP contribution in [-0.2, 0) is 5.41 Å². The van der Waals surface area contributed by atoms with E-state index in [1.807, 2.05) is 6.07 Å². The minimum Gasteiger partial charge on any atom is -0.383 e. The maximum absolute atomic E-state index is 6.22. The van der Waals surface area contributed by atoms with E-state index in [1.165, 1.54) is 11.1 Å². The third-order valence-electron chi connectivity index (χ3n) is 4.85. The summed E-state index contributed by atoms with van der Waals surface area (Å²) in [4.78, 5) is 12.7. The number of hydrogen-bond donors (Lipinski definition) is 2. The summed E-state index contributed by atoms with van der Waals surface area (Å²) >= 11 is 0. The van der Waals surface area contributed by atoms with Gasteiger partial charge in [0.15, 0.2) is 0 Å². The molecule has 0 aliphatic rings. The number of nitrogens with one attached hydrogen (secondary N) is 1. The van der Waals surface area contributed by atoms with Crippen molar-refractivity contribution < 1.29 is 0 Å². The van der Waals surface area contributed by atoms with Crippen LogP contribution < -0.4 is 5.73 Å². The van der Waals surface area contributed by atoms with Gasteiger partial charge in [-0.15, -0.1) is 0 Å². The molecule has 1 aromatic carbocycles. The highest BCUT2D eigenvalue weighted by molar-refractivity contribution is 5.82. The molecule has 0 amide bonds. The number of rotatable bonds is 3. The first-order valence-corrected chi connectivity index (χ1v) is 8.06. The van der Waals surface area contributed by atoms with Crippen LogP contribution in [0.15, 0.2) is 24.3 Å². The number of anilines is 1. The summed E-state index contributed by atoms with van der Waals surface area (Å²) in [6.45, 7) is 10.7. The van der Waals surface area contributed by atoms with Crippen LogP contribution in [0.5, 0.6) is 0 Å². The Bertz CT molecular complexity index is 835. The largest absolute Gasteiger partial charge is 0.383 e. The van der Waals surface area contributed by atoms with Crippen LogP contribution in [0.3, 0.4) is 0 Å². The predicted molar refractivity (Wildman–Crippen MR) is 96.5 cm³/mol. The van der Waals surface area contributed by atoms with Gasteiger partial charge in [-0.05, 0) is 55.7 Å². The first-order valence-electron chi connectivity index (χ1n) is 8.06. The van der Waals surface area contributed by atoms with Crippen LogP contribution in [0, 0.1) is 13.8 Å². The molecule has 2 aromatic heterocycles. The van der Waals surface area contributed by atoms with Crippen molar-refractivity contribution in [2.24, 2.45) is 0 Å². The van der Waals surface area contributed by atoms with E-state index in [4.69, 9.17) is 5.73 Å². The minimum absolute atomic E-state index is 0.0226. The topological polar surface area (TPSA) is 67.6 Å². The maximum atomic E-state index is 6.22. The first-order chi connectivity index (χ1) is 10.8. The van der Waals surface area contributed by atoms with Crippen LogP contribution >= 0.6 is 0 Å². The number of pyridine rings is 1. The predicted octanol–water partition coefficient (Wildman–Crippen LogP) is 4.51. The molecule has 3 rings (SSSR count). The van der Waals surface area contributed by atoms with E-state index in [-0.39, 0.29) is 5.41 Å². The molecule has 0 saturated heterocycles. The summed E-state index contributed by atoms with van der Waals surface area (Å²) in [5, 5.41) is 0. The second-order valence-corrected chi connectivity index (χ2v) is 6.91. The van der Waals surface area contributed by atoms with Gasteiger partial charge in [-0.2, -0.15) is 0 Å². The van der Waals surface area contributed by atoms with Crippen molar-refractivity contribution in [3.63, 3.8) is 0 Å². The van der Waals surface area contributed by atoms with Gasteiger partial charge in [-0.25, -0.2) is 9.97 Å². The first kappa shape index (κ1) is 15.5. The molecule has 4 nitrogen and oxygen atoms in total. The second-order valence-electron chi connectivity index (χ2n) is 6.91.